The maximum Gasteiger partial charge on any atom is 0.119 e. The van der Waals surface area contributed by atoms with Gasteiger partial charge in [-0.15, -0.1) is 11.3 Å². The van der Waals surface area contributed by atoms with E-state index in [4.69, 9.17) is 10.5 Å². The summed E-state index contributed by atoms with van der Waals surface area (Å²) in [5, 5.41) is 3.56. The van der Waals surface area contributed by atoms with Crippen molar-refractivity contribution in [1.29, 1.82) is 0 Å². The number of fused-ring (bicyclic) bond motifs is 1. The van der Waals surface area contributed by atoms with E-state index in [-0.39, 0.29) is 0 Å². The molecule has 21 heavy (non-hydrogen) atoms. The van der Waals surface area contributed by atoms with Crippen LogP contribution in [0, 0.1) is 6.92 Å². The molecule has 0 bridgehead atoms. The fourth-order valence-corrected chi connectivity index (χ4v) is 3.49. The lowest BCUT2D eigenvalue weighted by atomic mass is 10.0. The number of nitrogens with two attached hydrogens (primary N) is 1. The number of methoxy groups -OCH3 is 1. The zero-order valence-electron chi connectivity index (χ0n) is 12.2. The number of nitrogens with zero attached hydrogens (tertiary/aromatic N) is 1. The Labute approximate surface area is 128 Å². The summed E-state index contributed by atoms with van der Waals surface area (Å²) < 4.78 is 5.34. The Morgan fingerprint density at radius 1 is 1.24 bits per heavy atom. The Kier molecular flexibility index (Phi) is 3.90. The number of rotatable bonds is 4. The van der Waals surface area contributed by atoms with Crippen molar-refractivity contribution in [1.82, 2.24) is 4.98 Å². The van der Waals surface area contributed by atoms with Crippen LogP contribution in [0.3, 0.4) is 0 Å². The van der Waals surface area contributed by atoms with Crippen LogP contribution >= 0.6 is 11.3 Å². The van der Waals surface area contributed by atoms with E-state index in [0.29, 0.717) is 6.54 Å². The van der Waals surface area contributed by atoms with Crippen molar-refractivity contribution >= 4 is 22.1 Å². The Bertz CT molecular complexity index is 780. The van der Waals surface area contributed by atoms with Crippen molar-refractivity contribution in [2.45, 2.75) is 19.9 Å². The van der Waals surface area contributed by atoms with Crippen molar-refractivity contribution in [3.63, 3.8) is 0 Å². The third kappa shape index (κ3) is 2.77. The normalized spacial score (nSPS) is 11.0. The quantitative estimate of drug-likeness (QED) is 0.799. The van der Waals surface area contributed by atoms with Gasteiger partial charge in [-0.1, -0.05) is 24.3 Å². The largest absolute Gasteiger partial charge is 0.497 e. The summed E-state index contributed by atoms with van der Waals surface area (Å²) in [6.45, 7) is 2.58. The highest BCUT2D eigenvalue weighted by Gasteiger charge is 2.09. The molecule has 0 spiro atoms. The molecule has 108 valence electrons. The molecule has 0 amide bonds. The van der Waals surface area contributed by atoms with E-state index in [1.807, 2.05) is 13.0 Å². The van der Waals surface area contributed by atoms with Crippen LogP contribution in [-0.4, -0.2) is 12.1 Å². The molecule has 0 atom stereocenters. The highest BCUT2D eigenvalue weighted by Crippen LogP contribution is 2.27. The summed E-state index contributed by atoms with van der Waals surface area (Å²) in [5.74, 6) is 0.882. The van der Waals surface area contributed by atoms with Crippen molar-refractivity contribution in [3.8, 4) is 5.75 Å². The summed E-state index contributed by atoms with van der Waals surface area (Å²) in [6.07, 6.45) is 0.829. The Morgan fingerprint density at radius 3 is 2.81 bits per heavy atom. The first-order valence-corrected chi connectivity index (χ1v) is 7.74. The predicted octanol–water partition coefficient (Wildman–Crippen LogP) is 3.66. The van der Waals surface area contributed by atoms with Crippen molar-refractivity contribution in [2.75, 3.05) is 7.11 Å². The number of benzene rings is 2. The third-order valence-electron chi connectivity index (χ3n) is 3.64. The Hall–Kier alpha value is -1.91. The maximum absolute atomic E-state index is 5.74. The van der Waals surface area contributed by atoms with Gasteiger partial charge in [0.25, 0.3) is 0 Å². The molecular weight excluding hydrogens is 280 g/mol. The molecule has 1 aromatic heterocycles. The van der Waals surface area contributed by atoms with Crippen molar-refractivity contribution < 1.29 is 4.74 Å². The van der Waals surface area contributed by atoms with Crippen LogP contribution in [0.2, 0.25) is 0 Å². The lowest BCUT2D eigenvalue weighted by Gasteiger charge is -2.07. The van der Waals surface area contributed by atoms with Gasteiger partial charge < -0.3 is 10.5 Å². The van der Waals surface area contributed by atoms with Gasteiger partial charge >= 0.3 is 0 Å². The van der Waals surface area contributed by atoms with Gasteiger partial charge in [0.15, 0.2) is 0 Å². The predicted molar refractivity (Wildman–Crippen MR) is 88.0 cm³/mol. The molecule has 2 N–H and O–H groups in total. The summed E-state index contributed by atoms with van der Waals surface area (Å²) in [5.41, 5.74) is 8.06. The second-order valence-electron chi connectivity index (χ2n) is 5.00. The zero-order chi connectivity index (χ0) is 14.8. The molecule has 0 saturated carbocycles. The highest BCUT2D eigenvalue weighted by atomic mass is 32.1. The van der Waals surface area contributed by atoms with Gasteiger partial charge in [0.2, 0.25) is 0 Å². The molecule has 0 aliphatic carbocycles. The van der Waals surface area contributed by atoms with Gasteiger partial charge in [-0.2, -0.15) is 0 Å². The van der Waals surface area contributed by atoms with Crippen molar-refractivity contribution in [2.24, 2.45) is 5.73 Å². The first-order chi connectivity index (χ1) is 10.2. The minimum absolute atomic E-state index is 0.562. The van der Waals surface area contributed by atoms with Gasteiger partial charge in [-0.3, -0.25) is 0 Å². The molecule has 4 heteroatoms. The summed E-state index contributed by atoms with van der Waals surface area (Å²) in [7, 11) is 1.70. The number of hydrogen-bond donors (Lipinski definition) is 1. The van der Waals surface area contributed by atoms with Crippen LogP contribution in [0.15, 0.2) is 36.4 Å². The number of ether oxygens (including phenoxy) is 1. The number of hydrogen-bond acceptors (Lipinski definition) is 4. The van der Waals surface area contributed by atoms with Crippen molar-refractivity contribution in [3.05, 3.63) is 57.5 Å². The number of aromatic nitrogens is 1. The second-order valence-corrected chi connectivity index (χ2v) is 6.17. The topological polar surface area (TPSA) is 48.1 Å². The molecule has 3 rings (SSSR count). The molecule has 0 aliphatic heterocycles. The molecule has 3 aromatic rings. The van der Waals surface area contributed by atoms with Crippen LogP contribution < -0.4 is 10.5 Å². The Morgan fingerprint density at radius 2 is 2.10 bits per heavy atom. The van der Waals surface area contributed by atoms with Gasteiger partial charge in [0.1, 0.15) is 5.75 Å². The Balaban J connectivity index is 2.02. The molecule has 0 unspecified atom stereocenters. The van der Waals surface area contributed by atoms with Gasteiger partial charge in [-0.25, -0.2) is 4.98 Å². The molecule has 3 nitrogen and oxygen atoms in total. The van der Waals surface area contributed by atoms with E-state index in [0.717, 1.165) is 22.9 Å². The molecule has 0 radical (unpaired) electrons. The van der Waals surface area contributed by atoms with Crippen LogP contribution in [0.25, 0.3) is 10.8 Å². The van der Waals surface area contributed by atoms with Gasteiger partial charge in [0, 0.05) is 17.8 Å². The first-order valence-electron chi connectivity index (χ1n) is 6.92. The summed E-state index contributed by atoms with van der Waals surface area (Å²) in [6, 6.07) is 12.5. The lowest BCUT2D eigenvalue weighted by Crippen LogP contribution is -1.94. The van der Waals surface area contributed by atoms with Crippen LogP contribution in [0.1, 0.15) is 21.1 Å². The van der Waals surface area contributed by atoms with E-state index in [2.05, 4.69) is 35.3 Å². The smallest absolute Gasteiger partial charge is 0.119 e. The second kappa shape index (κ2) is 5.84. The number of aryl methyl sites for hydroxylation is 1. The monoisotopic (exact) mass is 298 g/mol. The fraction of sp³-hybridized carbons (Fsp3) is 0.235. The van der Waals surface area contributed by atoms with Gasteiger partial charge in [0.05, 0.1) is 17.8 Å². The SMILES string of the molecule is COc1ccc2cccc(Cc3nc(C)c(CN)s3)c2c1. The molecule has 0 aliphatic rings. The van der Waals surface area contributed by atoms with Crippen LogP contribution in [-0.2, 0) is 13.0 Å². The van der Waals surface area contributed by atoms with E-state index in [1.54, 1.807) is 18.4 Å². The fourth-order valence-electron chi connectivity index (χ4n) is 2.51. The molecule has 1 heterocycles. The first kappa shape index (κ1) is 14.0. The van der Waals surface area contributed by atoms with E-state index < -0.39 is 0 Å². The molecule has 2 aromatic carbocycles. The lowest BCUT2D eigenvalue weighted by molar-refractivity contribution is 0.415. The average molecular weight is 298 g/mol. The van der Waals surface area contributed by atoms with Crippen LogP contribution in [0.4, 0.5) is 0 Å². The highest BCUT2D eigenvalue weighted by molar-refractivity contribution is 7.11. The van der Waals surface area contributed by atoms with E-state index in [9.17, 15) is 0 Å². The van der Waals surface area contributed by atoms with E-state index in [1.165, 1.54) is 21.2 Å². The van der Waals surface area contributed by atoms with Crippen LogP contribution in [0.5, 0.6) is 5.75 Å². The minimum atomic E-state index is 0.562. The van der Waals surface area contributed by atoms with E-state index >= 15 is 0 Å². The van der Waals surface area contributed by atoms with Gasteiger partial charge in [-0.05, 0) is 35.4 Å². The molecular formula is C17H18N2OS. The maximum atomic E-state index is 5.74. The number of thiazole rings is 1. The average Bonchev–Trinajstić information content (AvgIpc) is 2.87. The standard InChI is InChI=1S/C17H18N2OS/c1-11-16(10-18)21-17(19-11)8-13-5-3-4-12-6-7-14(20-2)9-15(12)13/h3-7,9H,8,10,18H2,1-2H3. The third-order valence-corrected chi connectivity index (χ3v) is 4.82. The molecule has 0 fully saturated rings. The zero-order valence-corrected chi connectivity index (χ0v) is 13.0. The summed E-state index contributed by atoms with van der Waals surface area (Å²) in [4.78, 5) is 5.80. The molecule has 0 saturated heterocycles. The summed E-state index contributed by atoms with van der Waals surface area (Å²) >= 11 is 1.71. The minimum Gasteiger partial charge on any atom is -0.497 e.